The first-order chi connectivity index (χ1) is 20.5. The Kier molecular flexibility index (Phi) is 7.24. The van der Waals surface area contributed by atoms with Gasteiger partial charge in [0.15, 0.2) is 21.3 Å². The Labute approximate surface area is 250 Å². The van der Waals surface area contributed by atoms with E-state index in [9.17, 15) is 18.0 Å². The van der Waals surface area contributed by atoms with Crippen molar-refractivity contribution in [1.82, 2.24) is 29.4 Å². The fourth-order valence-electron chi connectivity index (χ4n) is 5.71. The van der Waals surface area contributed by atoms with Crippen molar-refractivity contribution >= 4 is 48.9 Å². The van der Waals surface area contributed by atoms with Crippen LogP contribution < -0.4 is 16.3 Å². The minimum absolute atomic E-state index is 0.00673. The highest BCUT2D eigenvalue weighted by molar-refractivity contribution is 7.90. The Hall–Kier alpha value is -4.24. The van der Waals surface area contributed by atoms with Crippen molar-refractivity contribution in [2.75, 3.05) is 36.5 Å². The van der Waals surface area contributed by atoms with Crippen molar-refractivity contribution in [1.29, 1.82) is 0 Å². The molecule has 43 heavy (non-hydrogen) atoms. The first-order valence-electron chi connectivity index (χ1n) is 13.7. The van der Waals surface area contributed by atoms with Crippen molar-refractivity contribution in [2.24, 2.45) is 0 Å². The van der Waals surface area contributed by atoms with E-state index < -0.39 is 21.3 Å². The van der Waals surface area contributed by atoms with Gasteiger partial charge in [0, 0.05) is 44.3 Å². The van der Waals surface area contributed by atoms with Gasteiger partial charge < -0.3 is 15.5 Å². The van der Waals surface area contributed by atoms with Crippen LogP contribution >= 0.6 is 11.3 Å². The van der Waals surface area contributed by atoms with E-state index in [0.29, 0.717) is 25.2 Å². The Morgan fingerprint density at radius 3 is 2.58 bits per heavy atom. The molecule has 224 valence electrons. The third kappa shape index (κ3) is 4.95. The lowest BCUT2D eigenvalue weighted by Gasteiger charge is -2.40. The van der Waals surface area contributed by atoms with Gasteiger partial charge in [-0.05, 0) is 43.4 Å². The van der Waals surface area contributed by atoms with Crippen molar-refractivity contribution in [2.45, 2.75) is 43.0 Å². The summed E-state index contributed by atoms with van der Waals surface area (Å²) < 4.78 is 43.1. The van der Waals surface area contributed by atoms with Gasteiger partial charge in [0.25, 0.3) is 0 Å². The van der Waals surface area contributed by atoms with Gasteiger partial charge in [-0.1, -0.05) is 13.0 Å². The van der Waals surface area contributed by atoms with Gasteiger partial charge >= 0.3 is 5.69 Å². The second-order valence-corrected chi connectivity index (χ2v) is 13.7. The van der Waals surface area contributed by atoms with E-state index in [1.807, 2.05) is 11.8 Å². The lowest BCUT2D eigenvalue weighted by atomic mass is 9.80. The maximum absolute atomic E-state index is 15.8. The second kappa shape index (κ2) is 10.8. The number of thiazole rings is 1. The third-order valence-electron chi connectivity index (χ3n) is 8.09. The SMILES string of the molecule is C=CC(=O)N1CCN(c2nc(=O)n(-c3c(C4CCC4)cncc3S(C)(=O)=O)c3nc(-c4ncsc4N)c(F)cc23)[C@@H](C)C1. The highest BCUT2D eigenvalue weighted by Gasteiger charge is 2.33. The van der Waals surface area contributed by atoms with E-state index in [-0.39, 0.29) is 61.7 Å². The summed E-state index contributed by atoms with van der Waals surface area (Å²) in [5, 5.41) is 0.433. The normalized spacial score (nSPS) is 17.7. The quantitative estimate of drug-likeness (QED) is 0.316. The maximum Gasteiger partial charge on any atom is 0.355 e. The number of anilines is 2. The highest BCUT2D eigenvalue weighted by atomic mass is 32.2. The van der Waals surface area contributed by atoms with E-state index in [4.69, 9.17) is 5.73 Å². The minimum Gasteiger partial charge on any atom is -0.389 e. The molecule has 1 saturated carbocycles. The zero-order chi connectivity index (χ0) is 30.6. The average molecular weight is 625 g/mol. The maximum atomic E-state index is 15.8. The summed E-state index contributed by atoms with van der Waals surface area (Å²) in [4.78, 5) is 47.1. The van der Waals surface area contributed by atoms with Crippen molar-refractivity contribution in [3.05, 3.63) is 58.5 Å². The van der Waals surface area contributed by atoms with Crippen molar-refractivity contribution in [3.63, 3.8) is 0 Å². The summed E-state index contributed by atoms with van der Waals surface area (Å²) in [6.07, 6.45) is 7.63. The van der Waals surface area contributed by atoms with Gasteiger partial charge in [-0.15, -0.1) is 11.3 Å². The number of halogens is 1. The van der Waals surface area contributed by atoms with Crippen LogP contribution in [0.4, 0.5) is 15.2 Å². The highest BCUT2D eigenvalue weighted by Crippen LogP contribution is 2.41. The number of carbonyl (C=O) groups is 1. The monoisotopic (exact) mass is 624 g/mol. The number of nitrogen functional groups attached to an aromatic ring is 1. The zero-order valence-electron chi connectivity index (χ0n) is 23.5. The fourth-order valence-corrected chi connectivity index (χ4v) is 7.05. The van der Waals surface area contributed by atoms with Gasteiger partial charge in [0.05, 0.1) is 16.6 Å². The van der Waals surface area contributed by atoms with Crippen molar-refractivity contribution in [3.8, 4) is 17.1 Å². The summed E-state index contributed by atoms with van der Waals surface area (Å²) in [5.74, 6) is -0.787. The number of aromatic nitrogens is 5. The standard InChI is InChI=1S/C28H29FN8O4S2/c1-4-21(38)35-8-9-36(15(2)13-35)26-17-10-19(29)22(23-25(30)42-14-32-23)33-27(17)37(28(39)34-26)24-18(16-6-5-7-16)11-31-12-20(24)43(3,40)41/h4,10-12,14-16H,1,5-9,13,30H2,2-3H3/t15-/m0/s1. The summed E-state index contributed by atoms with van der Waals surface area (Å²) >= 11 is 1.11. The van der Waals surface area contributed by atoms with Crippen LogP contribution in [0.3, 0.4) is 0 Å². The molecule has 0 spiro atoms. The van der Waals surface area contributed by atoms with Crippen LogP contribution in [0.5, 0.6) is 0 Å². The van der Waals surface area contributed by atoms with Gasteiger partial charge in [-0.3, -0.25) is 9.78 Å². The first-order valence-corrected chi connectivity index (χ1v) is 16.5. The molecule has 1 amide bonds. The number of carbonyl (C=O) groups excluding carboxylic acids is 1. The summed E-state index contributed by atoms with van der Waals surface area (Å²) in [6, 6.07) is 0.936. The minimum atomic E-state index is -3.87. The van der Waals surface area contributed by atoms with Crippen LogP contribution in [0.1, 0.15) is 37.7 Å². The molecule has 1 aliphatic carbocycles. The summed E-state index contributed by atoms with van der Waals surface area (Å²) in [5.41, 5.74) is 7.40. The predicted molar refractivity (Wildman–Crippen MR) is 162 cm³/mol. The summed E-state index contributed by atoms with van der Waals surface area (Å²) in [7, 11) is -3.87. The molecular formula is C28H29FN8O4S2. The predicted octanol–water partition coefficient (Wildman–Crippen LogP) is 2.91. The topological polar surface area (TPSA) is 157 Å². The van der Waals surface area contributed by atoms with Crippen molar-refractivity contribution < 1.29 is 17.6 Å². The number of rotatable bonds is 6. The van der Waals surface area contributed by atoms with Crippen LogP contribution in [0.25, 0.3) is 28.1 Å². The van der Waals surface area contributed by atoms with E-state index in [1.54, 1.807) is 11.1 Å². The van der Waals surface area contributed by atoms with Crippen LogP contribution in [0.15, 0.2) is 46.3 Å². The third-order valence-corrected chi connectivity index (χ3v) is 9.84. The number of pyridine rings is 2. The summed E-state index contributed by atoms with van der Waals surface area (Å²) in [6.45, 7) is 6.40. The van der Waals surface area contributed by atoms with Crippen LogP contribution in [-0.2, 0) is 14.6 Å². The van der Waals surface area contributed by atoms with Crippen LogP contribution in [-0.4, -0.2) is 75.7 Å². The van der Waals surface area contributed by atoms with Gasteiger partial charge in [0.2, 0.25) is 5.91 Å². The van der Waals surface area contributed by atoms with Gasteiger partial charge in [0.1, 0.15) is 27.1 Å². The van der Waals surface area contributed by atoms with Gasteiger partial charge in [-0.2, -0.15) is 4.98 Å². The molecule has 1 atom stereocenters. The molecule has 12 nitrogen and oxygen atoms in total. The number of sulfone groups is 1. The number of hydrogen-bond donors (Lipinski definition) is 1. The van der Waals surface area contributed by atoms with E-state index in [0.717, 1.165) is 41.4 Å². The number of amides is 1. The molecule has 1 aliphatic heterocycles. The molecule has 6 rings (SSSR count). The number of nitrogens with zero attached hydrogens (tertiary/aromatic N) is 7. The molecular weight excluding hydrogens is 595 g/mol. The Morgan fingerprint density at radius 1 is 1.21 bits per heavy atom. The smallest absolute Gasteiger partial charge is 0.355 e. The molecule has 2 N–H and O–H groups in total. The first kappa shape index (κ1) is 28.9. The van der Waals surface area contributed by atoms with E-state index >= 15 is 4.39 Å². The number of fused-ring (bicyclic) bond motifs is 1. The Bertz CT molecular complexity index is 1950. The molecule has 5 heterocycles. The molecule has 0 bridgehead atoms. The van der Waals surface area contributed by atoms with E-state index in [1.165, 1.54) is 23.8 Å². The van der Waals surface area contributed by atoms with Crippen LogP contribution in [0.2, 0.25) is 0 Å². The van der Waals surface area contributed by atoms with Gasteiger partial charge in [-0.25, -0.2) is 32.1 Å². The Morgan fingerprint density at radius 2 is 1.98 bits per heavy atom. The van der Waals surface area contributed by atoms with E-state index in [2.05, 4.69) is 26.5 Å². The number of piperazine rings is 1. The number of nitrogens with two attached hydrogens (primary N) is 1. The lowest BCUT2D eigenvalue weighted by Crippen LogP contribution is -2.54. The molecule has 2 fully saturated rings. The molecule has 0 radical (unpaired) electrons. The molecule has 1 saturated heterocycles. The second-order valence-electron chi connectivity index (χ2n) is 10.8. The molecule has 2 aliphatic rings. The fraction of sp³-hybridized carbons (Fsp3) is 0.357. The largest absolute Gasteiger partial charge is 0.389 e. The lowest BCUT2D eigenvalue weighted by molar-refractivity contribution is -0.126. The molecule has 15 heteroatoms. The number of hydrogen-bond acceptors (Lipinski definition) is 11. The molecule has 4 aromatic heterocycles. The molecule has 0 aromatic carbocycles. The van der Waals surface area contributed by atoms with Crippen LogP contribution in [0, 0.1) is 5.82 Å². The average Bonchev–Trinajstić information content (AvgIpc) is 3.36. The molecule has 4 aromatic rings. The molecule has 0 unspecified atom stereocenters. The zero-order valence-corrected chi connectivity index (χ0v) is 25.2. The Balaban J connectivity index is 1.66.